The molecule has 1 amide bonds. The largest absolute Gasteiger partial charge is 0.508 e. The number of aromatic hydroxyl groups is 1. The van der Waals surface area contributed by atoms with Crippen molar-refractivity contribution in [3.05, 3.63) is 75.2 Å². The monoisotopic (exact) mass is 504 g/mol. The molecular formula is C30H36N2O5. The number of anilines is 1. The van der Waals surface area contributed by atoms with Crippen LogP contribution in [0, 0.1) is 6.92 Å². The molecule has 1 aliphatic heterocycles. The molecular weight excluding hydrogens is 468 g/mol. The van der Waals surface area contributed by atoms with Crippen molar-refractivity contribution in [1.29, 1.82) is 0 Å². The first-order chi connectivity index (χ1) is 17.8. The number of nitrogens with one attached hydrogen (secondary N) is 1. The van der Waals surface area contributed by atoms with E-state index in [-0.39, 0.29) is 11.4 Å². The Hall–Kier alpha value is -3.58. The molecule has 196 valence electrons. The minimum Gasteiger partial charge on any atom is -0.508 e. The van der Waals surface area contributed by atoms with E-state index in [1.165, 1.54) is 44.5 Å². The van der Waals surface area contributed by atoms with Crippen molar-refractivity contribution in [3.63, 3.8) is 0 Å². The third-order valence-electron chi connectivity index (χ3n) is 6.75. The molecule has 7 nitrogen and oxygen atoms in total. The molecule has 0 saturated carbocycles. The number of amides is 1. The van der Waals surface area contributed by atoms with Gasteiger partial charge in [0.1, 0.15) is 22.8 Å². The van der Waals surface area contributed by atoms with E-state index >= 15 is 0 Å². The highest BCUT2D eigenvalue weighted by atomic mass is 16.5. The van der Waals surface area contributed by atoms with Gasteiger partial charge in [0.05, 0.1) is 6.61 Å². The first-order valence-electron chi connectivity index (χ1n) is 13.0. The number of piperidine rings is 1. The van der Waals surface area contributed by atoms with Crippen LogP contribution in [0.4, 0.5) is 5.69 Å². The first kappa shape index (κ1) is 26.5. The van der Waals surface area contributed by atoms with Crippen LogP contribution in [-0.4, -0.2) is 42.2 Å². The molecule has 0 bridgehead atoms. The van der Waals surface area contributed by atoms with Gasteiger partial charge >= 0.3 is 5.63 Å². The molecule has 0 radical (unpaired) electrons. The Balaban J connectivity index is 1.44. The summed E-state index contributed by atoms with van der Waals surface area (Å²) < 4.78 is 11.6. The number of allylic oxidation sites excluding steroid dienone is 2. The van der Waals surface area contributed by atoms with Gasteiger partial charge in [-0.05, 0) is 102 Å². The third-order valence-corrected chi connectivity index (χ3v) is 6.75. The van der Waals surface area contributed by atoms with E-state index in [1.54, 1.807) is 12.1 Å². The van der Waals surface area contributed by atoms with E-state index in [0.717, 1.165) is 24.1 Å². The summed E-state index contributed by atoms with van der Waals surface area (Å²) in [6.07, 6.45) is 7.31. The van der Waals surface area contributed by atoms with E-state index < -0.39 is 11.5 Å². The van der Waals surface area contributed by atoms with E-state index in [4.69, 9.17) is 9.15 Å². The van der Waals surface area contributed by atoms with Gasteiger partial charge in [0.25, 0.3) is 5.91 Å². The number of fused-ring (bicyclic) bond motifs is 1. The maximum Gasteiger partial charge on any atom is 0.360 e. The van der Waals surface area contributed by atoms with Crippen LogP contribution in [0.15, 0.2) is 57.3 Å². The lowest BCUT2D eigenvalue weighted by Gasteiger charge is -2.26. The Morgan fingerprint density at radius 3 is 2.68 bits per heavy atom. The maximum atomic E-state index is 12.9. The summed E-state index contributed by atoms with van der Waals surface area (Å²) in [7, 11) is 0. The SMILES string of the molecule is CC(C)=CCc1cc(C(=O)Nc2cc3ccc(OCCCN4CCCCC4)c(C)c3oc2=O)ccc1O. The minimum atomic E-state index is -0.630. The van der Waals surface area contributed by atoms with Crippen LogP contribution in [0.3, 0.4) is 0 Å². The number of carbonyl (C=O) groups excluding carboxylic acids is 1. The number of phenolic OH excluding ortho intramolecular Hbond substituents is 1. The Morgan fingerprint density at radius 2 is 1.92 bits per heavy atom. The summed E-state index contributed by atoms with van der Waals surface area (Å²) in [6, 6.07) is 9.98. The van der Waals surface area contributed by atoms with E-state index in [9.17, 15) is 14.7 Å². The number of aryl methyl sites for hydroxylation is 1. The van der Waals surface area contributed by atoms with Crippen molar-refractivity contribution in [2.45, 2.75) is 52.9 Å². The number of benzene rings is 2. The number of ether oxygens (including phenoxy) is 1. The van der Waals surface area contributed by atoms with Crippen molar-refractivity contribution in [1.82, 2.24) is 4.90 Å². The van der Waals surface area contributed by atoms with Crippen molar-refractivity contribution in [2.75, 3.05) is 31.6 Å². The summed E-state index contributed by atoms with van der Waals surface area (Å²) in [5.41, 5.74) is 2.74. The molecule has 0 unspecified atom stereocenters. The molecule has 7 heteroatoms. The van der Waals surface area contributed by atoms with Crippen molar-refractivity contribution >= 4 is 22.6 Å². The lowest BCUT2D eigenvalue weighted by Crippen LogP contribution is -2.31. The molecule has 1 fully saturated rings. The minimum absolute atomic E-state index is 0.0611. The fourth-order valence-electron chi connectivity index (χ4n) is 4.60. The zero-order chi connectivity index (χ0) is 26.4. The second-order valence-corrected chi connectivity index (χ2v) is 9.94. The highest BCUT2D eigenvalue weighted by Gasteiger charge is 2.15. The molecule has 1 aliphatic rings. The van der Waals surface area contributed by atoms with Gasteiger partial charge in [-0.3, -0.25) is 4.79 Å². The molecule has 2 N–H and O–H groups in total. The molecule has 2 aromatic carbocycles. The Labute approximate surface area is 217 Å². The lowest BCUT2D eigenvalue weighted by atomic mass is 10.0. The molecule has 0 spiro atoms. The molecule has 2 heterocycles. The molecule has 1 aromatic heterocycles. The summed E-state index contributed by atoms with van der Waals surface area (Å²) >= 11 is 0. The number of rotatable bonds is 9. The summed E-state index contributed by atoms with van der Waals surface area (Å²) in [4.78, 5) is 28.1. The van der Waals surface area contributed by atoms with Gasteiger partial charge < -0.3 is 24.5 Å². The van der Waals surface area contributed by atoms with E-state index in [0.29, 0.717) is 40.9 Å². The quantitative estimate of drug-likeness (QED) is 0.217. The molecule has 0 aliphatic carbocycles. The van der Waals surface area contributed by atoms with Crippen LogP contribution in [0.25, 0.3) is 11.0 Å². The highest BCUT2D eigenvalue weighted by Crippen LogP contribution is 2.28. The van der Waals surface area contributed by atoms with Gasteiger partial charge in [-0.2, -0.15) is 0 Å². The zero-order valence-corrected chi connectivity index (χ0v) is 21.9. The van der Waals surface area contributed by atoms with E-state index in [2.05, 4.69) is 10.2 Å². The van der Waals surface area contributed by atoms with Gasteiger partial charge in [0.2, 0.25) is 0 Å². The Bertz CT molecular complexity index is 1350. The summed E-state index contributed by atoms with van der Waals surface area (Å²) in [5, 5.41) is 13.5. The predicted molar refractivity (Wildman–Crippen MR) is 147 cm³/mol. The van der Waals surface area contributed by atoms with Crippen LogP contribution < -0.4 is 15.7 Å². The molecule has 0 atom stereocenters. The number of phenols is 1. The van der Waals surface area contributed by atoms with Crippen LogP contribution >= 0.6 is 0 Å². The Kier molecular flexibility index (Phi) is 8.66. The average Bonchev–Trinajstić information content (AvgIpc) is 2.88. The van der Waals surface area contributed by atoms with Crippen molar-refractivity contribution in [2.24, 2.45) is 0 Å². The second-order valence-electron chi connectivity index (χ2n) is 9.94. The van der Waals surface area contributed by atoms with Crippen LogP contribution in [0.1, 0.15) is 61.0 Å². The normalized spacial score (nSPS) is 13.9. The zero-order valence-electron chi connectivity index (χ0n) is 21.9. The van der Waals surface area contributed by atoms with Gasteiger partial charge in [-0.1, -0.05) is 18.1 Å². The third kappa shape index (κ3) is 6.80. The first-order valence-corrected chi connectivity index (χ1v) is 13.0. The number of hydrogen-bond acceptors (Lipinski definition) is 6. The fourth-order valence-corrected chi connectivity index (χ4v) is 4.60. The molecule has 3 aromatic rings. The molecule has 4 rings (SSSR count). The number of nitrogens with zero attached hydrogens (tertiary/aromatic N) is 1. The number of hydrogen-bond donors (Lipinski definition) is 2. The number of carbonyl (C=O) groups is 1. The predicted octanol–water partition coefficient (Wildman–Crippen LogP) is 5.82. The van der Waals surface area contributed by atoms with Crippen LogP contribution in [-0.2, 0) is 6.42 Å². The standard InChI is InChI=1S/C30H36N2O5/c1-20(2)8-9-22-18-24(10-12-26(22)33)29(34)31-25-19-23-11-13-27(21(3)28(23)37-30(25)35)36-17-7-16-32-14-5-4-6-15-32/h8,10-13,18-19,33H,4-7,9,14-17H2,1-3H3,(H,31,34). The fraction of sp³-hybridized carbons (Fsp3) is 0.400. The maximum absolute atomic E-state index is 12.9. The van der Waals surface area contributed by atoms with Crippen LogP contribution in [0.5, 0.6) is 11.5 Å². The number of likely N-dealkylation sites (tertiary alicyclic amines) is 1. The van der Waals surface area contributed by atoms with Crippen molar-refractivity contribution in [3.8, 4) is 11.5 Å². The summed E-state index contributed by atoms with van der Waals surface area (Å²) in [5.74, 6) is 0.369. The molecule has 37 heavy (non-hydrogen) atoms. The van der Waals surface area contributed by atoms with Crippen molar-refractivity contribution < 1.29 is 19.1 Å². The Morgan fingerprint density at radius 1 is 1.14 bits per heavy atom. The average molecular weight is 505 g/mol. The molecule has 1 saturated heterocycles. The topological polar surface area (TPSA) is 92.0 Å². The highest BCUT2D eigenvalue weighted by molar-refractivity contribution is 6.05. The summed E-state index contributed by atoms with van der Waals surface area (Å²) in [6.45, 7) is 9.78. The second kappa shape index (κ2) is 12.1. The van der Waals surface area contributed by atoms with E-state index in [1.807, 2.05) is 39.0 Å². The van der Waals surface area contributed by atoms with Gasteiger partial charge in [0.15, 0.2) is 0 Å². The van der Waals surface area contributed by atoms with Gasteiger partial charge in [-0.25, -0.2) is 4.79 Å². The van der Waals surface area contributed by atoms with Gasteiger partial charge in [-0.15, -0.1) is 0 Å². The van der Waals surface area contributed by atoms with Crippen LogP contribution in [0.2, 0.25) is 0 Å². The van der Waals surface area contributed by atoms with Gasteiger partial charge in [0, 0.05) is 23.1 Å². The lowest BCUT2D eigenvalue weighted by molar-refractivity contribution is 0.102. The smallest absolute Gasteiger partial charge is 0.360 e.